The highest BCUT2D eigenvalue weighted by Gasteiger charge is 2.23. The van der Waals surface area contributed by atoms with E-state index in [0.29, 0.717) is 15.6 Å². The molecule has 1 atom stereocenters. The van der Waals surface area contributed by atoms with E-state index in [-0.39, 0.29) is 0 Å². The first kappa shape index (κ1) is 28.1. The Bertz CT molecular complexity index is 895. The summed E-state index contributed by atoms with van der Waals surface area (Å²) < 4.78 is 5.75. The number of hydrogen-bond donors (Lipinski definition) is 0. The van der Waals surface area contributed by atoms with Gasteiger partial charge in [0.2, 0.25) is 0 Å². The predicted molar refractivity (Wildman–Crippen MR) is 130 cm³/mol. The summed E-state index contributed by atoms with van der Waals surface area (Å²) in [7, 11) is -3.05. The highest BCUT2D eigenvalue weighted by molar-refractivity contribution is 6.83. The van der Waals surface area contributed by atoms with E-state index < -0.39 is 22.5 Å². The zero-order valence-electron chi connectivity index (χ0n) is 18.2. The SMILES string of the molecule is C[Si](C)(C)C#N.C[Si](C)(C)OC(C#N)c1ccccc1Cl.O=Cc1ccccc1Cl. The van der Waals surface area contributed by atoms with Crippen LogP contribution in [0.3, 0.4) is 0 Å². The van der Waals surface area contributed by atoms with E-state index in [1.165, 1.54) is 0 Å². The number of rotatable bonds is 4. The largest absolute Gasteiger partial charge is 0.399 e. The molecule has 0 heterocycles. The van der Waals surface area contributed by atoms with Crippen molar-refractivity contribution in [1.82, 2.24) is 0 Å². The van der Waals surface area contributed by atoms with Crippen molar-refractivity contribution in [2.75, 3.05) is 0 Å². The van der Waals surface area contributed by atoms with Crippen LogP contribution in [0.5, 0.6) is 0 Å². The van der Waals surface area contributed by atoms with Crippen LogP contribution in [-0.4, -0.2) is 22.7 Å². The van der Waals surface area contributed by atoms with Gasteiger partial charge in [-0.1, -0.05) is 79.2 Å². The zero-order chi connectivity index (χ0) is 23.4. The molecule has 0 spiro atoms. The predicted octanol–water partition coefficient (Wildman–Crippen LogP) is 7.30. The molecule has 0 radical (unpaired) electrons. The molecule has 160 valence electrons. The van der Waals surface area contributed by atoms with Crippen molar-refractivity contribution >= 4 is 45.9 Å². The monoisotopic (exact) mass is 478 g/mol. The molecular formula is C22H28Cl2N2O2Si2. The third kappa shape index (κ3) is 12.6. The van der Waals surface area contributed by atoms with Crippen LogP contribution in [-0.2, 0) is 4.43 Å². The van der Waals surface area contributed by atoms with Crippen molar-refractivity contribution in [1.29, 1.82) is 10.5 Å². The molecule has 0 aliphatic rings. The van der Waals surface area contributed by atoms with Gasteiger partial charge in [0.25, 0.3) is 0 Å². The molecule has 0 aliphatic heterocycles. The molecule has 2 rings (SSSR count). The van der Waals surface area contributed by atoms with Crippen LogP contribution in [0.4, 0.5) is 0 Å². The topological polar surface area (TPSA) is 73.9 Å². The Morgan fingerprint density at radius 3 is 1.70 bits per heavy atom. The van der Waals surface area contributed by atoms with Gasteiger partial charge < -0.3 is 4.43 Å². The maximum Gasteiger partial charge on any atom is 0.186 e. The average Bonchev–Trinajstić information content (AvgIpc) is 2.67. The van der Waals surface area contributed by atoms with Gasteiger partial charge in [0.05, 0.1) is 11.1 Å². The summed E-state index contributed by atoms with van der Waals surface area (Å²) in [6, 6.07) is 16.4. The van der Waals surface area contributed by atoms with Gasteiger partial charge in [-0.25, -0.2) is 5.26 Å². The van der Waals surface area contributed by atoms with E-state index in [1.807, 2.05) is 57.5 Å². The number of aldehydes is 1. The Kier molecular flexibility index (Phi) is 12.5. The molecule has 0 N–H and O–H groups in total. The minimum Gasteiger partial charge on any atom is -0.399 e. The summed E-state index contributed by atoms with van der Waals surface area (Å²) in [5.74, 6) is 0. The van der Waals surface area contributed by atoms with Crippen molar-refractivity contribution in [3.8, 4) is 11.8 Å². The molecule has 0 amide bonds. The lowest BCUT2D eigenvalue weighted by molar-refractivity contribution is 0.112. The second-order valence-electron chi connectivity index (χ2n) is 8.26. The molecule has 0 bridgehead atoms. The van der Waals surface area contributed by atoms with Gasteiger partial charge in [0.1, 0.15) is 0 Å². The maximum absolute atomic E-state index is 10.1. The molecule has 2 aromatic carbocycles. The standard InChI is InChI=1S/C11H14ClNOSi.C7H5ClO.C4H9NSi/c1-15(2,3)14-11(8-13)9-6-4-5-7-10(9)12;8-7-4-2-1-3-6(7)5-9;1-6(2,3)4-5/h4-7,11H,1-3H3;1-5H;1-3H3. The van der Waals surface area contributed by atoms with Gasteiger partial charge in [0, 0.05) is 21.8 Å². The first-order chi connectivity index (χ1) is 13.8. The van der Waals surface area contributed by atoms with E-state index in [9.17, 15) is 4.79 Å². The number of benzene rings is 2. The third-order valence-electron chi connectivity index (χ3n) is 3.14. The molecule has 0 saturated carbocycles. The molecule has 0 aromatic heterocycles. The van der Waals surface area contributed by atoms with E-state index in [1.54, 1.807) is 30.3 Å². The van der Waals surface area contributed by atoms with Crippen molar-refractivity contribution < 1.29 is 9.22 Å². The minimum atomic E-state index is -1.73. The Labute approximate surface area is 192 Å². The minimum absolute atomic E-state index is 0.507. The second-order valence-corrected chi connectivity index (χ2v) is 18.3. The fraction of sp³-hybridized carbons (Fsp3) is 0.318. The normalized spacial score (nSPS) is 11.4. The maximum atomic E-state index is 10.1. The Morgan fingerprint density at radius 1 is 0.900 bits per heavy atom. The van der Waals surface area contributed by atoms with Crippen LogP contribution in [0.15, 0.2) is 48.5 Å². The van der Waals surface area contributed by atoms with E-state index in [2.05, 4.69) is 11.8 Å². The average molecular weight is 480 g/mol. The molecule has 0 aliphatic carbocycles. The Morgan fingerprint density at radius 2 is 1.37 bits per heavy atom. The zero-order valence-corrected chi connectivity index (χ0v) is 21.8. The second kappa shape index (κ2) is 13.4. The summed E-state index contributed by atoms with van der Waals surface area (Å²) in [6.45, 7) is 12.2. The smallest absolute Gasteiger partial charge is 0.186 e. The van der Waals surface area contributed by atoms with E-state index in [0.717, 1.165) is 11.8 Å². The number of nitrogens with zero attached hydrogens (tertiary/aromatic N) is 2. The van der Waals surface area contributed by atoms with Crippen LogP contribution >= 0.6 is 23.2 Å². The van der Waals surface area contributed by atoms with Gasteiger partial charge in [-0.2, -0.15) is 5.26 Å². The third-order valence-corrected chi connectivity index (χ3v) is 5.45. The molecule has 8 heteroatoms. The molecule has 2 aromatic rings. The van der Waals surface area contributed by atoms with Gasteiger partial charge in [-0.05, 0) is 31.8 Å². The summed E-state index contributed by atoms with van der Waals surface area (Å²) in [5.41, 5.74) is 3.54. The lowest BCUT2D eigenvalue weighted by atomic mass is 10.1. The van der Waals surface area contributed by atoms with Crippen LogP contribution in [0.2, 0.25) is 49.3 Å². The van der Waals surface area contributed by atoms with Gasteiger partial charge >= 0.3 is 0 Å². The molecular weight excluding hydrogens is 451 g/mol. The van der Waals surface area contributed by atoms with Crippen molar-refractivity contribution in [3.63, 3.8) is 0 Å². The fourth-order valence-electron chi connectivity index (χ4n) is 1.77. The van der Waals surface area contributed by atoms with Crippen LogP contribution in [0.1, 0.15) is 22.0 Å². The number of hydrogen-bond acceptors (Lipinski definition) is 4. The van der Waals surface area contributed by atoms with Crippen LogP contribution in [0.25, 0.3) is 0 Å². The summed E-state index contributed by atoms with van der Waals surface area (Å²) in [6.07, 6.45) is 0.188. The first-order valence-corrected chi connectivity index (χ1v) is 16.9. The molecule has 4 nitrogen and oxygen atoms in total. The van der Waals surface area contributed by atoms with Crippen molar-refractivity contribution in [3.05, 3.63) is 69.7 Å². The van der Waals surface area contributed by atoms with Gasteiger partial charge in [-0.3, -0.25) is 4.79 Å². The van der Waals surface area contributed by atoms with Crippen molar-refractivity contribution in [2.45, 2.75) is 45.4 Å². The lowest BCUT2D eigenvalue weighted by Gasteiger charge is -2.22. The number of carbonyl (C=O) groups excluding carboxylic acids is 1. The quantitative estimate of drug-likeness (QED) is 0.341. The summed E-state index contributed by atoms with van der Waals surface area (Å²) in [5, 5.41) is 18.4. The van der Waals surface area contributed by atoms with Gasteiger partial charge in [-0.15, -0.1) is 0 Å². The highest BCUT2D eigenvalue weighted by atomic mass is 35.5. The van der Waals surface area contributed by atoms with Crippen LogP contribution in [0, 0.1) is 22.3 Å². The Hall–Kier alpha value is -1.94. The number of nitriles is 2. The lowest BCUT2D eigenvalue weighted by Crippen LogP contribution is -2.27. The molecule has 0 saturated heterocycles. The number of halogens is 2. The van der Waals surface area contributed by atoms with E-state index >= 15 is 0 Å². The van der Waals surface area contributed by atoms with Gasteiger partial charge in [0.15, 0.2) is 28.8 Å². The van der Waals surface area contributed by atoms with Crippen LogP contribution < -0.4 is 0 Å². The molecule has 0 fully saturated rings. The van der Waals surface area contributed by atoms with E-state index in [4.69, 9.17) is 38.2 Å². The van der Waals surface area contributed by atoms with Crippen molar-refractivity contribution in [2.24, 2.45) is 0 Å². The highest BCUT2D eigenvalue weighted by Crippen LogP contribution is 2.27. The number of carbonyl (C=O) groups is 1. The molecule has 1 unspecified atom stereocenters. The fourth-order valence-corrected chi connectivity index (χ4v) is 3.07. The first-order valence-electron chi connectivity index (χ1n) is 9.27. The summed E-state index contributed by atoms with van der Waals surface area (Å²) >= 11 is 11.6. The Balaban J connectivity index is 0.000000475. The summed E-state index contributed by atoms with van der Waals surface area (Å²) in [4.78, 5) is 10.1. The molecule has 30 heavy (non-hydrogen) atoms.